The molecular formula is C15H12Cl2F3N3O3S. The fourth-order valence-electron chi connectivity index (χ4n) is 1.82. The van der Waals surface area contributed by atoms with Crippen molar-refractivity contribution in [3.63, 3.8) is 0 Å². The van der Waals surface area contributed by atoms with E-state index in [1.165, 1.54) is 23.6 Å². The second-order valence-corrected chi connectivity index (χ2v) is 6.50. The summed E-state index contributed by atoms with van der Waals surface area (Å²) in [5.41, 5.74) is 3.33. The van der Waals surface area contributed by atoms with E-state index in [4.69, 9.17) is 27.9 Å². The maximum atomic E-state index is 12.4. The number of anilines is 1. The fourth-order valence-corrected chi connectivity index (χ4v) is 2.84. The molecule has 0 aliphatic rings. The zero-order valence-corrected chi connectivity index (χ0v) is 16.0. The summed E-state index contributed by atoms with van der Waals surface area (Å²) in [5.74, 6) is -1.03. The van der Waals surface area contributed by atoms with Gasteiger partial charge in [-0.3, -0.25) is 10.2 Å². The van der Waals surface area contributed by atoms with Crippen molar-refractivity contribution in [2.24, 2.45) is 5.10 Å². The standard InChI is InChI=1S/C15H12Cl2F3N3O3S/c1-2-25-12(24)5-9-7-27-14(22-9)23-21-6-8-3-10(16)13(17)11(4-8)26-15(18,19)20/h3-4,6-7H,2,5H2,1H3,(H,22,23). The van der Waals surface area contributed by atoms with E-state index in [-0.39, 0.29) is 28.6 Å². The largest absolute Gasteiger partial charge is 0.573 e. The minimum Gasteiger partial charge on any atom is -0.466 e. The summed E-state index contributed by atoms with van der Waals surface area (Å²) in [6.07, 6.45) is -3.66. The van der Waals surface area contributed by atoms with Crippen LogP contribution in [-0.2, 0) is 16.0 Å². The Labute approximate surface area is 165 Å². The van der Waals surface area contributed by atoms with Crippen LogP contribution in [-0.4, -0.2) is 30.1 Å². The van der Waals surface area contributed by atoms with Crippen LogP contribution in [0.5, 0.6) is 5.75 Å². The fraction of sp³-hybridized carbons (Fsp3) is 0.267. The van der Waals surface area contributed by atoms with E-state index < -0.39 is 18.1 Å². The molecule has 6 nitrogen and oxygen atoms in total. The van der Waals surface area contributed by atoms with Gasteiger partial charge in [0.25, 0.3) is 0 Å². The molecule has 27 heavy (non-hydrogen) atoms. The highest BCUT2D eigenvalue weighted by molar-refractivity contribution is 7.13. The third-order valence-corrected chi connectivity index (χ3v) is 4.38. The predicted molar refractivity (Wildman–Crippen MR) is 96.8 cm³/mol. The Morgan fingerprint density at radius 2 is 2.15 bits per heavy atom. The Morgan fingerprint density at radius 1 is 1.41 bits per heavy atom. The molecule has 1 N–H and O–H groups in total. The summed E-state index contributed by atoms with van der Waals surface area (Å²) in [6.45, 7) is 1.98. The van der Waals surface area contributed by atoms with Crippen LogP contribution in [0.2, 0.25) is 10.0 Å². The molecule has 0 amide bonds. The SMILES string of the molecule is CCOC(=O)Cc1csc(NN=Cc2cc(Cl)c(Cl)c(OC(F)(F)F)c2)n1. The number of hydrogen-bond acceptors (Lipinski definition) is 7. The normalized spacial score (nSPS) is 11.6. The molecule has 0 aliphatic carbocycles. The first-order valence-corrected chi connectivity index (χ1v) is 8.95. The van der Waals surface area contributed by atoms with Crippen molar-refractivity contribution in [1.82, 2.24) is 4.98 Å². The third kappa shape index (κ3) is 6.89. The van der Waals surface area contributed by atoms with Gasteiger partial charge in [-0.25, -0.2) is 4.98 Å². The molecule has 0 bridgehead atoms. The molecule has 0 unspecified atom stereocenters. The van der Waals surface area contributed by atoms with Gasteiger partial charge in [-0.2, -0.15) is 5.10 Å². The van der Waals surface area contributed by atoms with E-state index in [1.54, 1.807) is 12.3 Å². The topological polar surface area (TPSA) is 72.8 Å². The van der Waals surface area contributed by atoms with Crippen molar-refractivity contribution >= 4 is 51.9 Å². The lowest BCUT2D eigenvalue weighted by Crippen LogP contribution is -2.17. The van der Waals surface area contributed by atoms with Gasteiger partial charge in [-0.05, 0) is 24.6 Å². The van der Waals surface area contributed by atoms with Crippen LogP contribution in [0.25, 0.3) is 0 Å². The molecule has 0 atom stereocenters. The lowest BCUT2D eigenvalue weighted by Gasteiger charge is -2.11. The first-order valence-electron chi connectivity index (χ1n) is 7.32. The Hall–Kier alpha value is -2.04. The summed E-state index contributed by atoms with van der Waals surface area (Å²) in [6, 6.07) is 2.37. The number of esters is 1. The van der Waals surface area contributed by atoms with Crippen LogP contribution in [0.4, 0.5) is 18.3 Å². The summed E-state index contributed by atoms with van der Waals surface area (Å²) < 4.78 is 45.8. The van der Waals surface area contributed by atoms with E-state index >= 15 is 0 Å². The van der Waals surface area contributed by atoms with E-state index in [0.29, 0.717) is 10.8 Å². The zero-order valence-electron chi connectivity index (χ0n) is 13.6. The number of ether oxygens (including phenoxy) is 2. The highest BCUT2D eigenvalue weighted by Gasteiger charge is 2.32. The Kier molecular flexibility index (Phi) is 7.28. The van der Waals surface area contributed by atoms with Crippen molar-refractivity contribution in [3.05, 3.63) is 38.8 Å². The highest BCUT2D eigenvalue weighted by atomic mass is 35.5. The third-order valence-electron chi connectivity index (χ3n) is 2.80. The summed E-state index contributed by atoms with van der Waals surface area (Å²) in [4.78, 5) is 15.5. The number of aromatic nitrogens is 1. The Bertz CT molecular complexity index is 843. The first kappa shape index (κ1) is 21.3. The molecule has 0 aliphatic heterocycles. The zero-order chi connectivity index (χ0) is 20.0. The van der Waals surface area contributed by atoms with Gasteiger partial charge in [0, 0.05) is 5.38 Å². The molecule has 2 rings (SSSR count). The van der Waals surface area contributed by atoms with Crippen molar-refractivity contribution in [2.45, 2.75) is 19.7 Å². The quantitative estimate of drug-likeness (QED) is 0.375. The minimum absolute atomic E-state index is 0.0284. The smallest absolute Gasteiger partial charge is 0.466 e. The second kappa shape index (κ2) is 9.25. The number of rotatable bonds is 7. The van der Waals surface area contributed by atoms with Gasteiger partial charge in [-0.15, -0.1) is 24.5 Å². The number of nitrogens with zero attached hydrogens (tertiary/aromatic N) is 2. The molecule has 12 heteroatoms. The molecule has 0 saturated heterocycles. The second-order valence-electron chi connectivity index (χ2n) is 4.86. The molecular weight excluding hydrogens is 430 g/mol. The van der Waals surface area contributed by atoms with E-state index in [2.05, 4.69) is 20.2 Å². The summed E-state index contributed by atoms with van der Waals surface area (Å²) in [7, 11) is 0. The van der Waals surface area contributed by atoms with Crippen molar-refractivity contribution < 1.29 is 27.4 Å². The van der Waals surface area contributed by atoms with Gasteiger partial charge in [0.1, 0.15) is 10.8 Å². The molecule has 2 aromatic rings. The lowest BCUT2D eigenvalue weighted by atomic mass is 10.2. The maximum Gasteiger partial charge on any atom is 0.573 e. The Morgan fingerprint density at radius 3 is 2.81 bits per heavy atom. The van der Waals surface area contributed by atoms with Gasteiger partial charge in [0.15, 0.2) is 0 Å². The van der Waals surface area contributed by atoms with Crippen LogP contribution in [0, 0.1) is 0 Å². The van der Waals surface area contributed by atoms with Gasteiger partial charge < -0.3 is 9.47 Å². The van der Waals surface area contributed by atoms with Crippen LogP contribution in [0.1, 0.15) is 18.2 Å². The molecule has 1 aromatic carbocycles. The number of alkyl halides is 3. The van der Waals surface area contributed by atoms with E-state index in [0.717, 1.165) is 6.07 Å². The van der Waals surface area contributed by atoms with Gasteiger partial charge in [-0.1, -0.05) is 23.2 Å². The van der Waals surface area contributed by atoms with Crippen molar-refractivity contribution in [3.8, 4) is 5.75 Å². The summed E-state index contributed by atoms with van der Waals surface area (Å²) >= 11 is 12.7. The predicted octanol–water partition coefficient (Wildman–Crippen LogP) is 4.90. The van der Waals surface area contributed by atoms with Crippen LogP contribution >= 0.6 is 34.5 Å². The van der Waals surface area contributed by atoms with Gasteiger partial charge in [0.05, 0.1) is 30.0 Å². The average Bonchev–Trinajstić information content (AvgIpc) is 2.98. The van der Waals surface area contributed by atoms with Crippen molar-refractivity contribution in [2.75, 3.05) is 12.0 Å². The molecule has 0 radical (unpaired) electrons. The van der Waals surface area contributed by atoms with Crippen LogP contribution in [0.15, 0.2) is 22.6 Å². The first-order chi connectivity index (χ1) is 12.7. The summed E-state index contributed by atoms with van der Waals surface area (Å²) in [5, 5.41) is 5.43. The van der Waals surface area contributed by atoms with Gasteiger partial charge in [0.2, 0.25) is 5.13 Å². The molecule has 146 valence electrons. The van der Waals surface area contributed by atoms with E-state index in [9.17, 15) is 18.0 Å². The highest BCUT2D eigenvalue weighted by Crippen LogP contribution is 2.36. The van der Waals surface area contributed by atoms with E-state index in [1.807, 2.05) is 0 Å². The number of hydrazone groups is 1. The number of benzene rings is 1. The number of hydrogen-bond donors (Lipinski definition) is 1. The number of halogens is 5. The number of carbonyl (C=O) groups excluding carboxylic acids is 1. The lowest BCUT2D eigenvalue weighted by molar-refractivity contribution is -0.274. The maximum absolute atomic E-state index is 12.4. The van der Waals surface area contributed by atoms with Crippen LogP contribution < -0.4 is 10.2 Å². The number of nitrogens with one attached hydrogen (secondary N) is 1. The molecule has 0 spiro atoms. The molecule has 0 fully saturated rings. The Balaban J connectivity index is 2.04. The number of carbonyl (C=O) groups is 1. The van der Waals surface area contributed by atoms with Gasteiger partial charge >= 0.3 is 12.3 Å². The van der Waals surface area contributed by atoms with Crippen molar-refractivity contribution in [1.29, 1.82) is 0 Å². The average molecular weight is 442 g/mol. The van der Waals surface area contributed by atoms with Crippen LogP contribution in [0.3, 0.4) is 0 Å². The monoisotopic (exact) mass is 441 g/mol. The molecule has 1 aromatic heterocycles. The minimum atomic E-state index is -4.91. The molecule has 1 heterocycles. The molecule has 0 saturated carbocycles. The number of thiazole rings is 1.